The summed E-state index contributed by atoms with van der Waals surface area (Å²) in [4.78, 5) is 65.4. The fourth-order valence-corrected chi connectivity index (χ4v) is 8.34. The Morgan fingerprint density at radius 2 is 1.36 bits per heavy atom. The maximum Gasteiger partial charge on any atom is 0.490 e. The Kier molecular flexibility index (Phi) is 10.3. The molecule has 47 heavy (non-hydrogen) atoms. The summed E-state index contributed by atoms with van der Waals surface area (Å²) in [6, 6.07) is 0.909. The number of hydrogen-bond acceptors (Lipinski definition) is 18. The van der Waals surface area contributed by atoms with Crippen LogP contribution in [0.1, 0.15) is 12.5 Å². The number of phosphoric acid groups is 3. The molecular formula is C19H25N6O18P3S. The fraction of sp³-hybridized carbons (Fsp3) is 0.526. The predicted octanol–water partition coefficient (Wildman–Crippen LogP) is -2.35. The number of phosphoric ester groups is 2. The average molecular weight is 750 g/mol. The summed E-state index contributed by atoms with van der Waals surface area (Å²) in [5.41, 5.74) is -1.31. The molecule has 0 spiro atoms. The summed E-state index contributed by atoms with van der Waals surface area (Å²) in [5, 5.41) is 41.3. The highest BCUT2D eigenvalue weighted by molar-refractivity contribution is 7.71. The molecule has 0 saturated carbocycles. The summed E-state index contributed by atoms with van der Waals surface area (Å²) >= 11 is 5.14. The van der Waals surface area contributed by atoms with Gasteiger partial charge in [-0.15, -0.1) is 0 Å². The zero-order valence-corrected chi connectivity index (χ0v) is 26.5. The smallest absolute Gasteiger partial charge is 0.387 e. The van der Waals surface area contributed by atoms with Crippen LogP contribution in [-0.4, -0.2) is 114 Å². The van der Waals surface area contributed by atoms with Gasteiger partial charge in [0.2, 0.25) is 0 Å². The quantitative estimate of drug-likeness (QED) is 0.0690. The molecule has 2 aliphatic heterocycles. The Bertz CT molecular complexity index is 1950. The predicted molar refractivity (Wildman–Crippen MR) is 149 cm³/mol. The van der Waals surface area contributed by atoms with E-state index in [-0.39, 0.29) is 15.8 Å². The van der Waals surface area contributed by atoms with E-state index in [4.69, 9.17) is 21.7 Å². The van der Waals surface area contributed by atoms with Crippen LogP contribution in [0.3, 0.4) is 0 Å². The van der Waals surface area contributed by atoms with Crippen molar-refractivity contribution in [3.63, 3.8) is 0 Å². The van der Waals surface area contributed by atoms with Crippen LogP contribution in [0.5, 0.6) is 0 Å². The monoisotopic (exact) mass is 750 g/mol. The van der Waals surface area contributed by atoms with E-state index in [1.165, 1.54) is 17.2 Å². The summed E-state index contributed by atoms with van der Waals surface area (Å²) in [5.74, 6) is 0. The molecule has 7 unspecified atom stereocenters. The number of aliphatic hydroxyl groups is 4. The molecule has 0 bridgehead atoms. The van der Waals surface area contributed by atoms with E-state index in [0.717, 1.165) is 12.3 Å². The molecule has 0 amide bonds. The highest BCUT2D eigenvalue weighted by atomic mass is 32.1. The number of aromatic nitrogens is 6. The minimum Gasteiger partial charge on any atom is -0.387 e. The first kappa shape index (κ1) is 35.9. The number of nitrogens with zero attached hydrogens (tertiary/aromatic N) is 4. The molecule has 0 radical (unpaired) electrons. The van der Waals surface area contributed by atoms with Crippen molar-refractivity contribution in [3.05, 3.63) is 50.4 Å². The van der Waals surface area contributed by atoms with Crippen LogP contribution in [0.4, 0.5) is 0 Å². The van der Waals surface area contributed by atoms with Crippen molar-refractivity contribution in [2.75, 3.05) is 13.2 Å². The van der Waals surface area contributed by atoms with Crippen molar-refractivity contribution in [1.82, 2.24) is 29.1 Å². The standard InChI is InChI=1S/C19H25N6O18P3S/c26-9-1-2-24(19(31)23-9)17-13(29)11(27)7(40-17)3-38-44(32,33)42-46(36,37)43-45(34,35)39-4-8-12(28)14(30)18(41-8)25-6-22-15-10(25)16(47)21-5-20-15/h1-2,5-8,11-14,17-18,27-30H,3-4H2,(H,32,33)(H,34,35)(H,36,37)(H,20,21,47)(H,23,26,31)/t7-,8?,11-,12?,13-,14?,17-,18?/m1/s1. The molecule has 9 N–H and O–H groups in total. The summed E-state index contributed by atoms with van der Waals surface area (Å²) < 4.78 is 66.8. The number of aromatic amines is 2. The summed E-state index contributed by atoms with van der Waals surface area (Å²) in [6.07, 6.45) is -9.77. The number of ether oxygens (including phenoxy) is 2. The van der Waals surface area contributed by atoms with Gasteiger partial charge in [0, 0.05) is 12.3 Å². The van der Waals surface area contributed by atoms with Crippen LogP contribution in [0.15, 0.2) is 34.5 Å². The van der Waals surface area contributed by atoms with E-state index in [2.05, 4.69) is 32.6 Å². The largest absolute Gasteiger partial charge is 0.490 e. The lowest BCUT2D eigenvalue weighted by molar-refractivity contribution is -0.0543. The summed E-state index contributed by atoms with van der Waals surface area (Å²) in [7, 11) is -17.3. The molecule has 0 aromatic carbocycles. The zero-order valence-electron chi connectivity index (χ0n) is 23.0. The minimum atomic E-state index is -5.96. The van der Waals surface area contributed by atoms with Gasteiger partial charge in [-0.25, -0.2) is 28.5 Å². The number of hydrogen-bond donors (Lipinski definition) is 9. The lowest BCUT2D eigenvalue weighted by Crippen LogP contribution is -2.37. The third-order valence-corrected chi connectivity index (χ3v) is 11.2. The maximum absolute atomic E-state index is 12.4. The van der Waals surface area contributed by atoms with Gasteiger partial charge in [-0.05, 0) is 0 Å². The first-order valence-corrected chi connectivity index (χ1v) is 17.7. The molecule has 11 atom stereocenters. The third-order valence-electron chi connectivity index (χ3n) is 6.67. The molecule has 28 heteroatoms. The Morgan fingerprint density at radius 3 is 1.89 bits per heavy atom. The van der Waals surface area contributed by atoms with Crippen LogP contribution in [0.25, 0.3) is 11.2 Å². The molecule has 3 aromatic rings. The van der Waals surface area contributed by atoms with Crippen molar-refractivity contribution in [3.8, 4) is 0 Å². The Morgan fingerprint density at radius 1 is 0.830 bits per heavy atom. The van der Waals surface area contributed by atoms with Crippen molar-refractivity contribution in [1.29, 1.82) is 0 Å². The number of fused-ring (bicyclic) bond motifs is 1. The molecule has 0 aliphatic carbocycles. The van der Waals surface area contributed by atoms with Gasteiger partial charge in [0.25, 0.3) is 5.56 Å². The van der Waals surface area contributed by atoms with Gasteiger partial charge < -0.3 is 49.6 Å². The lowest BCUT2D eigenvalue weighted by Gasteiger charge is -2.21. The van der Waals surface area contributed by atoms with Crippen molar-refractivity contribution < 1.29 is 75.9 Å². The highest BCUT2D eigenvalue weighted by Gasteiger charge is 2.49. The fourth-order valence-electron chi connectivity index (χ4n) is 4.56. The molecule has 5 heterocycles. The zero-order chi connectivity index (χ0) is 34.5. The van der Waals surface area contributed by atoms with Gasteiger partial charge in [0.05, 0.1) is 25.9 Å². The van der Waals surface area contributed by atoms with Gasteiger partial charge in [0.15, 0.2) is 22.7 Å². The van der Waals surface area contributed by atoms with E-state index in [1.54, 1.807) is 0 Å². The van der Waals surface area contributed by atoms with Gasteiger partial charge in [-0.2, -0.15) is 8.62 Å². The number of imidazole rings is 1. The molecule has 3 aromatic heterocycles. The lowest BCUT2D eigenvalue weighted by atomic mass is 10.1. The second-order valence-corrected chi connectivity index (χ2v) is 14.8. The van der Waals surface area contributed by atoms with E-state index >= 15 is 0 Å². The first-order valence-electron chi connectivity index (χ1n) is 12.8. The molecule has 5 rings (SSSR count). The molecule has 24 nitrogen and oxygen atoms in total. The normalized spacial score (nSPS) is 31.8. The van der Waals surface area contributed by atoms with Crippen LogP contribution < -0.4 is 11.2 Å². The van der Waals surface area contributed by atoms with Crippen molar-refractivity contribution >= 4 is 46.8 Å². The second-order valence-electron chi connectivity index (χ2n) is 9.83. The SMILES string of the molecule is O=c1ccn([C@@H]2O[C@H](COP(=O)(O)OP(=O)(O)OP(=O)(O)OCC3OC(n4cnc5[nH]cnc(=S)c54)C(O)C3O)[C@@H](O)[C@H]2O)c(=O)[nH]1. The van der Waals surface area contributed by atoms with E-state index in [1.807, 2.05) is 4.98 Å². The van der Waals surface area contributed by atoms with Crippen LogP contribution in [-0.2, 0) is 40.8 Å². The van der Waals surface area contributed by atoms with Crippen molar-refractivity contribution in [2.24, 2.45) is 0 Å². The molecule has 2 aliphatic rings. The van der Waals surface area contributed by atoms with E-state index in [9.17, 15) is 58.4 Å². The Labute approximate surface area is 264 Å². The second kappa shape index (κ2) is 13.5. The van der Waals surface area contributed by atoms with Gasteiger partial charge in [-0.3, -0.25) is 28.0 Å². The number of rotatable bonds is 12. The Balaban J connectivity index is 1.15. The van der Waals surface area contributed by atoms with E-state index < -0.39 is 97.0 Å². The van der Waals surface area contributed by atoms with Crippen LogP contribution in [0, 0.1) is 4.64 Å². The van der Waals surface area contributed by atoms with Gasteiger partial charge in [-0.1, -0.05) is 12.2 Å². The first-order chi connectivity index (χ1) is 21.9. The maximum atomic E-state index is 12.4. The highest BCUT2D eigenvalue weighted by Crippen LogP contribution is 2.67. The number of aliphatic hydroxyl groups excluding tert-OH is 4. The van der Waals surface area contributed by atoms with Gasteiger partial charge in [0.1, 0.15) is 42.1 Å². The Hall–Kier alpha value is -2.38. The topological polar surface area (TPSA) is 350 Å². The van der Waals surface area contributed by atoms with Crippen LogP contribution >= 0.6 is 35.7 Å². The van der Waals surface area contributed by atoms with E-state index in [0.29, 0.717) is 4.57 Å². The number of nitrogens with one attached hydrogen (secondary N) is 2. The summed E-state index contributed by atoms with van der Waals surface area (Å²) in [6.45, 7) is -2.14. The van der Waals surface area contributed by atoms with Gasteiger partial charge >= 0.3 is 29.2 Å². The molecule has 260 valence electrons. The number of H-pyrrole nitrogens is 2. The van der Waals surface area contributed by atoms with Crippen molar-refractivity contribution in [2.45, 2.75) is 49.1 Å². The minimum absolute atomic E-state index is 0.0646. The van der Waals surface area contributed by atoms with Crippen LogP contribution in [0.2, 0.25) is 0 Å². The molecular weight excluding hydrogens is 725 g/mol. The third kappa shape index (κ3) is 7.93. The average Bonchev–Trinajstić information content (AvgIpc) is 3.60. The molecule has 2 fully saturated rings. The molecule has 2 saturated heterocycles.